The third-order valence-corrected chi connectivity index (χ3v) is 2.71. The molecule has 0 aromatic heterocycles. The van der Waals surface area contributed by atoms with E-state index in [1.807, 2.05) is 0 Å². The van der Waals surface area contributed by atoms with Crippen molar-refractivity contribution in [2.75, 3.05) is 0 Å². The number of Topliss-reactive ketones (excluding diaryl/α,β-unsaturated/α-hetero) is 1. The van der Waals surface area contributed by atoms with Crippen molar-refractivity contribution in [1.29, 1.82) is 0 Å². The summed E-state index contributed by atoms with van der Waals surface area (Å²) in [5, 5.41) is 9.89. The fourth-order valence-corrected chi connectivity index (χ4v) is 1.95. The first kappa shape index (κ1) is 9.72. The van der Waals surface area contributed by atoms with E-state index in [0.29, 0.717) is 6.42 Å². The van der Waals surface area contributed by atoms with Gasteiger partial charge in [-0.3, -0.25) is 0 Å². The van der Waals surface area contributed by atoms with E-state index < -0.39 is 5.60 Å². The number of hydrogen-bond acceptors (Lipinski definition) is 2. The molecule has 0 heterocycles. The van der Waals surface area contributed by atoms with E-state index in [9.17, 15) is 9.90 Å². The van der Waals surface area contributed by atoms with Crippen LogP contribution in [-0.2, 0) is 4.79 Å². The second-order valence-electron chi connectivity index (χ2n) is 3.99. The standard InChI is InChI=1S/C10H18O2/c1-9(11)5-4-8-10(12)6-2-3-7-10/h12H,2-8H2,1H3. The van der Waals surface area contributed by atoms with Crippen molar-refractivity contribution in [3.05, 3.63) is 0 Å². The van der Waals surface area contributed by atoms with Crippen LogP contribution in [0.4, 0.5) is 0 Å². The Morgan fingerprint density at radius 2 is 2.00 bits per heavy atom. The highest BCUT2D eigenvalue weighted by atomic mass is 16.3. The first-order valence-corrected chi connectivity index (χ1v) is 4.84. The van der Waals surface area contributed by atoms with Gasteiger partial charge in [0.1, 0.15) is 5.78 Å². The molecule has 0 amide bonds. The zero-order valence-electron chi connectivity index (χ0n) is 7.81. The Hall–Kier alpha value is -0.370. The lowest BCUT2D eigenvalue weighted by molar-refractivity contribution is -0.117. The van der Waals surface area contributed by atoms with Crippen LogP contribution in [0.15, 0.2) is 0 Å². The molecular formula is C10H18O2. The molecule has 0 unspecified atom stereocenters. The first-order chi connectivity index (χ1) is 5.62. The predicted octanol–water partition coefficient (Wildman–Crippen LogP) is 2.05. The Kier molecular flexibility index (Phi) is 3.27. The minimum absolute atomic E-state index is 0.233. The van der Waals surface area contributed by atoms with Crippen LogP contribution in [0.1, 0.15) is 51.9 Å². The molecule has 0 atom stereocenters. The summed E-state index contributed by atoms with van der Waals surface area (Å²) < 4.78 is 0. The van der Waals surface area contributed by atoms with Gasteiger partial charge in [-0.2, -0.15) is 0 Å². The molecule has 1 aliphatic carbocycles. The molecule has 1 N–H and O–H groups in total. The maximum absolute atomic E-state index is 10.6. The lowest BCUT2D eigenvalue weighted by Crippen LogP contribution is -2.23. The van der Waals surface area contributed by atoms with Gasteiger partial charge in [-0.1, -0.05) is 12.8 Å². The van der Waals surface area contributed by atoms with Crippen LogP contribution in [0.5, 0.6) is 0 Å². The summed E-state index contributed by atoms with van der Waals surface area (Å²) in [5.41, 5.74) is -0.421. The zero-order valence-corrected chi connectivity index (χ0v) is 7.81. The van der Waals surface area contributed by atoms with Gasteiger partial charge in [-0.15, -0.1) is 0 Å². The molecule has 2 nitrogen and oxygen atoms in total. The van der Waals surface area contributed by atoms with Gasteiger partial charge in [0.15, 0.2) is 0 Å². The summed E-state index contributed by atoms with van der Waals surface area (Å²) in [7, 11) is 0. The Bertz CT molecular complexity index is 157. The van der Waals surface area contributed by atoms with Crippen LogP contribution >= 0.6 is 0 Å². The topological polar surface area (TPSA) is 37.3 Å². The fraction of sp³-hybridized carbons (Fsp3) is 0.900. The van der Waals surface area contributed by atoms with Gasteiger partial charge in [0, 0.05) is 6.42 Å². The molecular weight excluding hydrogens is 152 g/mol. The third kappa shape index (κ3) is 2.94. The van der Waals surface area contributed by atoms with Gasteiger partial charge in [0.25, 0.3) is 0 Å². The quantitative estimate of drug-likeness (QED) is 0.701. The van der Waals surface area contributed by atoms with Crippen LogP contribution in [0.2, 0.25) is 0 Å². The predicted molar refractivity (Wildman–Crippen MR) is 47.9 cm³/mol. The second-order valence-corrected chi connectivity index (χ2v) is 3.99. The highest BCUT2D eigenvalue weighted by Crippen LogP contribution is 2.33. The first-order valence-electron chi connectivity index (χ1n) is 4.84. The average molecular weight is 170 g/mol. The molecule has 1 aliphatic rings. The number of rotatable bonds is 4. The van der Waals surface area contributed by atoms with Crippen molar-refractivity contribution in [3.63, 3.8) is 0 Å². The van der Waals surface area contributed by atoms with Gasteiger partial charge < -0.3 is 9.90 Å². The zero-order chi connectivity index (χ0) is 9.03. The minimum atomic E-state index is -0.421. The van der Waals surface area contributed by atoms with Crippen molar-refractivity contribution in [3.8, 4) is 0 Å². The summed E-state index contributed by atoms with van der Waals surface area (Å²) in [6.45, 7) is 1.61. The van der Waals surface area contributed by atoms with E-state index >= 15 is 0 Å². The SMILES string of the molecule is CC(=O)CCCC1(O)CCCC1. The molecule has 0 radical (unpaired) electrons. The summed E-state index contributed by atoms with van der Waals surface area (Å²) >= 11 is 0. The fourth-order valence-electron chi connectivity index (χ4n) is 1.95. The lowest BCUT2D eigenvalue weighted by Gasteiger charge is -2.21. The van der Waals surface area contributed by atoms with Gasteiger partial charge in [0.05, 0.1) is 5.60 Å². The molecule has 70 valence electrons. The molecule has 0 bridgehead atoms. The molecule has 0 spiro atoms. The number of ketones is 1. The molecule has 1 fully saturated rings. The number of carbonyl (C=O) groups excluding carboxylic acids is 1. The van der Waals surface area contributed by atoms with Crippen molar-refractivity contribution in [1.82, 2.24) is 0 Å². The number of aliphatic hydroxyl groups is 1. The maximum atomic E-state index is 10.6. The van der Waals surface area contributed by atoms with E-state index in [0.717, 1.165) is 38.5 Å². The van der Waals surface area contributed by atoms with Gasteiger partial charge in [-0.25, -0.2) is 0 Å². The smallest absolute Gasteiger partial charge is 0.129 e. The van der Waals surface area contributed by atoms with Crippen LogP contribution in [0.3, 0.4) is 0 Å². The van der Waals surface area contributed by atoms with Crippen LogP contribution < -0.4 is 0 Å². The summed E-state index contributed by atoms with van der Waals surface area (Å²) in [6.07, 6.45) is 6.46. The van der Waals surface area contributed by atoms with Gasteiger partial charge in [-0.05, 0) is 32.6 Å². The van der Waals surface area contributed by atoms with Gasteiger partial charge >= 0.3 is 0 Å². The van der Waals surface area contributed by atoms with Crippen molar-refractivity contribution in [2.45, 2.75) is 57.5 Å². The van der Waals surface area contributed by atoms with Crippen LogP contribution in [0, 0.1) is 0 Å². The molecule has 12 heavy (non-hydrogen) atoms. The largest absolute Gasteiger partial charge is 0.390 e. The second kappa shape index (κ2) is 4.04. The van der Waals surface area contributed by atoms with E-state index in [4.69, 9.17) is 0 Å². The van der Waals surface area contributed by atoms with E-state index in [1.165, 1.54) is 0 Å². The van der Waals surface area contributed by atoms with Crippen molar-refractivity contribution >= 4 is 5.78 Å². The van der Waals surface area contributed by atoms with Crippen molar-refractivity contribution < 1.29 is 9.90 Å². The summed E-state index contributed by atoms with van der Waals surface area (Å²) in [5.74, 6) is 0.233. The monoisotopic (exact) mass is 170 g/mol. The van der Waals surface area contributed by atoms with E-state index in [-0.39, 0.29) is 5.78 Å². The Balaban J connectivity index is 2.17. The highest BCUT2D eigenvalue weighted by Gasteiger charge is 2.30. The molecule has 2 heteroatoms. The Morgan fingerprint density at radius 1 is 1.42 bits per heavy atom. The lowest BCUT2D eigenvalue weighted by atomic mass is 9.95. The normalized spacial score (nSPS) is 21.2. The highest BCUT2D eigenvalue weighted by molar-refractivity contribution is 5.75. The van der Waals surface area contributed by atoms with Crippen LogP contribution in [-0.4, -0.2) is 16.5 Å². The Labute approximate surface area is 74.0 Å². The average Bonchev–Trinajstić information content (AvgIpc) is 2.35. The maximum Gasteiger partial charge on any atom is 0.129 e. The molecule has 0 aromatic carbocycles. The van der Waals surface area contributed by atoms with Crippen molar-refractivity contribution in [2.24, 2.45) is 0 Å². The summed E-state index contributed by atoms with van der Waals surface area (Å²) in [4.78, 5) is 10.6. The molecule has 1 saturated carbocycles. The Morgan fingerprint density at radius 3 is 2.50 bits per heavy atom. The van der Waals surface area contributed by atoms with E-state index in [1.54, 1.807) is 6.92 Å². The molecule has 0 aromatic rings. The summed E-state index contributed by atoms with van der Waals surface area (Å²) in [6, 6.07) is 0. The van der Waals surface area contributed by atoms with Crippen LogP contribution in [0.25, 0.3) is 0 Å². The van der Waals surface area contributed by atoms with Gasteiger partial charge in [0.2, 0.25) is 0 Å². The molecule has 1 rings (SSSR count). The minimum Gasteiger partial charge on any atom is -0.390 e. The third-order valence-electron chi connectivity index (χ3n) is 2.71. The number of hydrogen-bond donors (Lipinski definition) is 1. The molecule has 0 aliphatic heterocycles. The van der Waals surface area contributed by atoms with E-state index in [2.05, 4.69) is 0 Å². The molecule has 0 saturated heterocycles. The number of carbonyl (C=O) groups is 1.